The molecule has 3 aromatic heterocycles. The average molecular weight is 337 g/mol. The van der Waals surface area contributed by atoms with Crippen LogP contribution in [0.5, 0.6) is 0 Å². The summed E-state index contributed by atoms with van der Waals surface area (Å²) in [5, 5.41) is 5.14. The molecule has 8 heteroatoms. The van der Waals surface area contributed by atoms with Gasteiger partial charge in [-0.2, -0.15) is 5.10 Å². The van der Waals surface area contributed by atoms with Gasteiger partial charge in [-0.15, -0.1) is 0 Å². The summed E-state index contributed by atoms with van der Waals surface area (Å²) in [5.41, 5.74) is 0.812. The predicted molar refractivity (Wildman–Crippen MR) is 94.5 cm³/mol. The van der Waals surface area contributed by atoms with E-state index in [9.17, 15) is 4.79 Å². The zero-order valence-corrected chi connectivity index (χ0v) is 13.8. The molecule has 0 aromatic carbocycles. The largest absolute Gasteiger partial charge is 0.353 e. The first kappa shape index (κ1) is 15.6. The third kappa shape index (κ3) is 3.34. The third-order valence-electron chi connectivity index (χ3n) is 4.50. The Labute approximate surface area is 144 Å². The fraction of sp³-hybridized carbons (Fsp3) is 0.353. The van der Waals surface area contributed by atoms with Crippen LogP contribution in [0.15, 0.2) is 47.9 Å². The normalized spacial score (nSPS) is 15.6. The van der Waals surface area contributed by atoms with E-state index in [-0.39, 0.29) is 5.56 Å². The summed E-state index contributed by atoms with van der Waals surface area (Å²) in [5.74, 6) is 0.966. The van der Waals surface area contributed by atoms with E-state index < -0.39 is 0 Å². The molecule has 8 nitrogen and oxygen atoms in total. The lowest BCUT2D eigenvalue weighted by Crippen LogP contribution is -2.48. The van der Waals surface area contributed by atoms with Gasteiger partial charge in [-0.05, 0) is 12.1 Å². The van der Waals surface area contributed by atoms with E-state index in [1.807, 2.05) is 6.07 Å². The van der Waals surface area contributed by atoms with Crippen LogP contribution in [0.1, 0.15) is 0 Å². The number of nitrogens with zero attached hydrogens (tertiary/aromatic N) is 7. The van der Waals surface area contributed by atoms with Crippen molar-refractivity contribution in [3.05, 3.63) is 53.5 Å². The molecule has 0 bridgehead atoms. The highest BCUT2D eigenvalue weighted by molar-refractivity contribution is 5.88. The lowest BCUT2D eigenvalue weighted by molar-refractivity contribution is 0.242. The van der Waals surface area contributed by atoms with Gasteiger partial charge in [0, 0.05) is 56.6 Å². The SMILES string of the molecule is O=c1cccnn1CCN1CCN(c2ncnc3cnccc23)CC1. The second kappa shape index (κ2) is 6.94. The van der Waals surface area contributed by atoms with Gasteiger partial charge in [0.05, 0.1) is 18.3 Å². The second-order valence-corrected chi connectivity index (χ2v) is 6.00. The van der Waals surface area contributed by atoms with Gasteiger partial charge in [-0.25, -0.2) is 14.6 Å². The first-order chi connectivity index (χ1) is 12.3. The maximum atomic E-state index is 11.7. The lowest BCUT2D eigenvalue weighted by Gasteiger charge is -2.35. The zero-order valence-electron chi connectivity index (χ0n) is 13.8. The molecule has 1 aliphatic rings. The van der Waals surface area contributed by atoms with Gasteiger partial charge >= 0.3 is 0 Å². The first-order valence-corrected chi connectivity index (χ1v) is 8.35. The van der Waals surface area contributed by atoms with Crippen LogP contribution in [-0.4, -0.2) is 62.4 Å². The molecule has 25 heavy (non-hydrogen) atoms. The van der Waals surface area contributed by atoms with Crippen LogP contribution in [0, 0.1) is 0 Å². The molecule has 1 saturated heterocycles. The molecule has 4 heterocycles. The minimum absolute atomic E-state index is 0.0535. The Morgan fingerprint density at radius 3 is 2.72 bits per heavy atom. The van der Waals surface area contributed by atoms with Crippen molar-refractivity contribution in [2.24, 2.45) is 0 Å². The Balaban J connectivity index is 1.40. The molecule has 0 radical (unpaired) electrons. The maximum Gasteiger partial charge on any atom is 0.266 e. The number of pyridine rings is 1. The van der Waals surface area contributed by atoms with Crippen molar-refractivity contribution < 1.29 is 0 Å². The summed E-state index contributed by atoms with van der Waals surface area (Å²) in [7, 11) is 0. The van der Waals surface area contributed by atoms with Gasteiger partial charge in [-0.1, -0.05) is 0 Å². The zero-order chi connectivity index (χ0) is 17.1. The summed E-state index contributed by atoms with van der Waals surface area (Å²) in [6.45, 7) is 5.08. The predicted octanol–water partition coefficient (Wildman–Crippen LogP) is 0.404. The van der Waals surface area contributed by atoms with Crippen molar-refractivity contribution in [1.29, 1.82) is 0 Å². The molecule has 0 saturated carbocycles. The highest BCUT2D eigenvalue weighted by Gasteiger charge is 2.19. The van der Waals surface area contributed by atoms with Crippen molar-refractivity contribution in [3.63, 3.8) is 0 Å². The van der Waals surface area contributed by atoms with E-state index in [0.717, 1.165) is 49.4 Å². The standard InChI is InChI=1S/C17H19N7O/c25-16-2-1-4-21-24(16)11-8-22-6-9-23(10-7-22)17-14-3-5-18-12-15(14)19-13-20-17/h1-5,12-13H,6-11H2. The highest BCUT2D eigenvalue weighted by atomic mass is 16.1. The molecule has 0 amide bonds. The molecule has 0 atom stereocenters. The summed E-state index contributed by atoms with van der Waals surface area (Å²) >= 11 is 0. The average Bonchev–Trinajstić information content (AvgIpc) is 2.67. The van der Waals surface area contributed by atoms with Gasteiger partial charge in [0.15, 0.2) is 0 Å². The van der Waals surface area contributed by atoms with Gasteiger partial charge in [0.2, 0.25) is 0 Å². The van der Waals surface area contributed by atoms with Gasteiger partial charge in [0.1, 0.15) is 12.1 Å². The van der Waals surface area contributed by atoms with Crippen LogP contribution in [-0.2, 0) is 6.54 Å². The third-order valence-corrected chi connectivity index (χ3v) is 4.50. The summed E-state index contributed by atoms with van der Waals surface area (Å²) in [6, 6.07) is 5.17. The Morgan fingerprint density at radius 1 is 1.00 bits per heavy atom. The molecular weight excluding hydrogens is 318 g/mol. The van der Waals surface area contributed by atoms with Crippen molar-refractivity contribution in [2.75, 3.05) is 37.6 Å². The fourth-order valence-electron chi connectivity index (χ4n) is 3.12. The lowest BCUT2D eigenvalue weighted by atomic mass is 10.2. The molecule has 1 fully saturated rings. The van der Waals surface area contributed by atoms with Crippen LogP contribution < -0.4 is 10.5 Å². The van der Waals surface area contributed by atoms with Crippen molar-refractivity contribution in [1.82, 2.24) is 29.6 Å². The van der Waals surface area contributed by atoms with E-state index in [1.165, 1.54) is 4.68 Å². The summed E-state index contributed by atoms with van der Waals surface area (Å²) < 4.78 is 1.51. The number of hydrogen-bond acceptors (Lipinski definition) is 7. The quantitative estimate of drug-likeness (QED) is 0.682. The highest BCUT2D eigenvalue weighted by Crippen LogP contribution is 2.22. The summed E-state index contributed by atoms with van der Waals surface area (Å²) in [6.07, 6.45) is 6.78. The van der Waals surface area contributed by atoms with Crippen molar-refractivity contribution in [2.45, 2.75) is 6.54 Å². The van der Waals surface area contributed by atoms with Crippen LogP contribution in [0.4, 0.5) is 5.82 Å². The molecule has 3 aromatic rings. The molecule has 0 aliphatic carbocycles. The number of fused-ring (bicyclic) bond motifs is 1. The van der Waals surface area contributed by atoms with E-state index in [1.54, 1.807) is 37.1 Å². The Kier molecular flexibility index (Phi) is 4.34. The number of rotatable bonds is 4. The number of aromatic nitrogens is 5. The van der Waals surface area contributed by atoms with Crippen molar-refractivity contribution in [3.8, 4) is 0 Å². The molecular formula is C17H19N7O. The second-order valence-electron chi connectivity index (χ2n) is 6.00. The minimum Gasteiger partial charge on any atom is -0.353 e. The van der Waals surface area contributed by atoms with Crippen LogP contribution in [0.25, 0.3) is 10.9 Å². The molecule has 0 unspecified atom stereocenters. The van der Waals surface area contributed by atoms with Crippen LogP contribution in [0.3, 0.4) is 0 Å². The molecule has 128 valence electrons. The summed E-state index contributed by atoms with van der Waals surface area (Å²) in [4.78, 5) is 29.2. The Bertz CT molecular complexity index is 913. The fourth-order valence-corrected chi connectivity index (χ4v) is 3.12. The first-order valence-electron chi connectivity index (χ1n) is 8.35. The van der Waals surface area contributed by atoms with E-state index in [4.69, 9.17) is 0 Å². The Hall–Kier alpha value is -2.87. The number of hydrogen-bond donors (Lipinski definition) is 0. The van der Waals surface area contributed by atoms with Crippen molar-refractivity contribution >= 4 is 16.7 Å². The molecule has 0 spiro atoms. The van der Waals surface area contributed by atoms with Crippen LogP contribution >= 0.6 is 0 Å². The number of piperazine rings is 1. The molecule has 0 N–H and O–H groups in total. The van der Waals surface area contributed by atoms with Gasteiger partial charge < -0.3 is 4.90 Å². The monoisotopic (exact) mass is 337 g/mol. The topological polar surface area (TPSA) is 80.0 Å². The van der Waals surface area contributed by atoms with Gasteiger partial charge in [-0.3, -0.25) is 14.7 Å². The smallest absolute Gasteiger partial charge is 0.266 e. The van der Waals surface area contributed by atoms with E-state index in [2.05, 4.69) is 29.9 Å². The minimum atomic E-state index is -0.0535. The van der Waals surface area contributed by atoms with E-state index in [0.29, 0.717) is 6.54 Å². The van der Waals surface area contributed by atoms with Gasteiger partial charge in [0.25, 0.3) is 5.56 Å². The maximum absolute atomic E-state index is 11.7. The molecule has 1 aliphatic heterocycles. The molecule has 4 rings (SSSR count). The number of anilines is 1. The van der Waals surface area contributed by atoms with E-state index >= 15 is 0 Å². The Morgan fingerprint density at radius 2 is 1.88 bits per heavy atom. The van der Waals surface area contributed by atoms with Crippen LogP contribution in [0.2, 0.25) is 0 Å².